The van der Waals surface area contributed by atoms with Crippen LogP contribution in [0, 0.1) is 6.92 Å². The van der Waals surface area contributed by atoms with Crippen molar-refractivity contribution in [2.75, 3.05) is 11.1 Å². The molecule has 0 atom stereocenters. The second-order valence-electron chi connectivity index (χ2n) is 3.24. The summed E-state index contributed by atoms with van der Waals surface area (Å²) < 4.78 is 4.96. The maximum absolute atomic E-state index is 5.50. The van der Waals surface area contributed by atoms with Gasteiger partial charge in [-0.2, -0.15) is 4.98 Å². The third-order valence-corrected chi connectivity index (χ3v) is 2.03. The Morgan fingerprint density at radius 3 is 3.13 bits per heavy atom. The van der Waals surface area contributed by atoms with Gasteiger partial charge in [-0.25, -0.2) is 4.98 Å². The minimum Gasteiger partial charge on any atom is -0.472 e. The number of nitrogens with two attached hydrogens (primary N) is 1. The zero-order chi connectivity index (χ0) is 10.7. The van der Waals surface area contributed by atoms with E-state index in [-0.39, 0.29) is 5.95 Å². The lowest BCUT2D eigenvalue weighted by Gasteiger charge is -2.06. The molecule has 2 aromatic rings. The number of aromatic nitrogens is 2. The van der Waals surface area contributed by atoms with Gasteiger partial charge in [0.25, 0.3) is 0 Å². The maximum Gasteiger partial charge on any atom is 0.221 e. The molecule has 5 nitrogen and oxygen atoms in total. The van der Waals surface area contributed by atoms with Crippen molar-refractivity contribution in [2.45, 2.75) is 13.5 Å². The van der Waals surface area contributed by atoms with Crippen LogP contribution in [0.15, 0.2) is 29.2 Å². The monoisotopic (exact) mass is 204 g/mol. The first-order valence-corrected chi connectivity index (χ1v) is 4.60. The Balaban J connectivity index is 2.07. The summed E-state index contributed by atoms with van der Waals surface area (Å²) in [6.45, 7) is 2.59. The fourth-order valence-corrected chi connectivity index (χ4v) is 1.21. The second-order valence-corrected chi connectivity index (χ2v) is 3.24. The minimum atomic E-state index is 0.273. The zero-order valence-corrected chi connectivity index (χ0v) is 8.40. The number of furan rings is 1. The van der Waals surface area contributed by atoms with Crippen LogP contribution in [-0.2, 0) is 6.54 Å². The number of anilines is 2. The maximum atomic E-state index is 5.50. The first-order chi connectivity index (χ1) is 7.25. The van der Waals surface area contributed by atoms with Crippen LogP contribution < -0.4 is 11.1 Å². The fraction of sp³-hybridized carbons (Fsp3) is 0.200. The fourth-order valence-electron chi connectivity index (χ4n) is 1.21. The molecule has 0 aliphatic rings. The first kappa shape index (κ1) is 9.51. The molecule has 3 N–H and O–H groups in total. The molecular formula is C10H12N4O. The van der Waals surface area contributed by atoms with Gasteiger partial charge in [-0.1, -0.05) is 0 Å². The quantitative estimate of drug-likeness (QED) is 0.793. The van der Waals surface area contributed by atoms with Crippen molar-refractivity contribution in [1.29, 1.82) is 0 Å². The van der Waals surface area contributed by atoms with Crippen molar-refractivity contribution < 1.29 is 4.42 Å². The van der Waals surface area contributed by atoms with Crippen LogP contribution in [0.2, 0.25) is 0 Å². The standard InChI is InChI=1S/C10H12N4O/c1-7-4-13-10(11)14-9(7)12-5-8-2-3-15-6-8/h2-4,6H,5H2,1H3,(H3,11,12,13,14). The lowest BCUT2D eigenvalue weighted by molar-refractivity contribution is 0.564. The van der Waals surface area contributed by atoms with Gasteiger partial charge in [0.1, 0.15) is 5.82 Å². The van der Waals surface area contributed by atoms with Gasteiger partial charge in [0, 0.05) is 23.9 Å². The van der Waals surface area contributed by atoms with E-state index < -0.39 is 0 Å². The molecule has 0 aliphatic heterocycles. The van der Waals surface area contributed by atoms with Crippen molar-refractivity contribution in [3.05, 3.63) is 35.9 Å². The van der Waals surface area contributed by atoms with E-state index in [0.29, 0.717) is 6.54 Å². The molecule has 0 amide bonds. The summed E-state index contributed by atoms with van der Waals surface area (Å²) in [4.78, 5) is 7.99. The van der Waals surface area contributed by atoms with E-state index in [9.17, 15) is 0 Å². The molecule has 15 heavy (non-hydrogen) atoms. The highest BCUT2D eigenvalue weighted by atomic mass is 16.3. The molecular weight excluding hydrogens is 192 g/mol. The molecule has 0 radical (unpaired) electrons. The summed E-state index contributed by atoms with van der Waals surface area (Å²) in [6, 6.07) is 1.90. The van der Waals surface area contributed by atoms with Gasteiger partial charge in [-0.15, -0.1) is 0 Å². The molecule has 2 aromatic heterocycles. The van der Waals surface area contributed by atoms with Crippen LogP contribution >= 0.6 is 0 Å². The second kappa shape index (κ2) is 4.00. The normalized spacial score (nSPS) is 10.2. The van der Waals surface area contributed by atoms with E-state index in [1.807, 2.05) is 13.0 Å². The highest BCUT2D eigenvalue weighted by molar-refractivity contribution is 5.45. The third-order valence-electron chi connectivity index (χ3n) is 2.03. The highest BCUT2D eigenvalue weighted by Crippen LogP contribution is 2.12. The molecule has 78 valence electrons. The molecule has 0 saturated heterocycles. The molecule has 5 heteroatoms. The average molecular weight is 204 g/mol. The minimum absolute atomic E-state index is 0.273. The van der Waals surface area contributed by atoms with Gasteiger partial charge in [0.2, 0.25) is 5.95 Å². The Morgan fingerprint density at radius 2 is 2.40 bits per heavy atom. The van der Waals surface area contributed by atoms with Crippen LogP contribution in [0.25, 0.3) is 0 Å². The van der Waals surface area contributed by atoms with Crippen LogP contribution in [0.1, 0.15) is 11.1 Å². The van der Waals surface area contributed by atoms with Crippen LogP contribution in [0.5, 0.6) is 0 Å². The molecule has 0 aromatic carbocycles. The summed E-state index contributed by atoms with van der Waals surface area (Å²) >= 11 is 0. The van der Waals surface area contributed by atoms with Crippen molar-refractivity contribution in [3.63, 3.8) is 0 Å². The topological polar surface area (TPSA) is 77.0 Å². The van der Waals surface area contributed by atoms with Crippen molar-refractivity contribution in [1.82, 2.24) is 9.97 Å². The largest absolute Gasteiger partial charge is 0.472 e. The number of nitrogen functional groups attached to an aromatic ring is 1. The number of hydrogen-bond acceptors (Lipinski definition) is 5. The summed E-state index contributed by atoms with van der Waals surface area (Å²) in [7, 11) is 0. The van der Waals surface area contributed by atoms with Crippen LogP contribution in [-0.4, -0.2) is 9.97 Å². The molecule has 0 aliphatic carbocycles. The number of aryl methyl sites for hydroxylation is 1. The van der Waals surface area contributed by atoms with Crippen LogP contribution in [0.3, 0.4) is 0 Å². The Labute approximate surface area is 87.3 Å². The Kier molecular flexibility index (Phi) is 2.53. The average Bonchev–Trinajstić information content (AvgIpc) is 2.72. The van der Waals surface area contributed by atoms with Gasteiger partial charge in [-0.3, -0.25) is 0 Å². The van der Waals surface area contributed by atoms with Gasteiger partial charge >= 0.3 is 0 Å². The lowest BCUT2D eigenvalue weighted by atomic mass is 10.3. The Hall–Kier alpha value is -2.04. The Bertz CT molecular complexity index is 439. The van der Waals surface area contributed by atoms with Crippen molar-refractivity contribution in [3.8, 4) is 0 Å². The predicted molar refractivity (Wildman–Crippen MR) is 57.2 cm³/mol. The number of rotatable bonds is 3. The lowest BCUT2D eigenvalue weighted by Crippen LogP contribution is -2.05. The summed E-state index contributed by atoms with van der Waals surface area (Å²) in [5.41, 5.74) is 7.52. The molecule has 0 saturated carbocycles. The van der Waals surface area contributed by atoms with Gasteiger partial charge in [-0.05, 0) is 13.0 Å². The van der Waals surface area contributed by atoms with Crippen molar-refractivity contribution >= 4 is 11.8 Å². The molecule has 0 fully saturated rings. The van der Waals surface area contributed by atoms with E-state index in [1.165, 1.54) is 0 Å². The number of nitrogens with zero attached hydrogens (tertiary/aromatic N) is 2. The SMILES string of the molecule is Cc1cnc(N)nc1NCc1ccoc1. The van der Waals surface area contributed by atoms with Gasteiger partial charge < -0.3 is 15.5 Å². The Morgan fingerprint density at radius 1 is 1.53 bits per heavy atom. The number of nitrogens with one attached hydrogen (secondary N) is 1. The molecule has 0 unspecified atom stereocenters. The predicted octanol–water partition coefficient (Wildman–Crippen LogP) is 1.57. The smallest absolute Gasteiger partial charge is 0.221 e. The van der Waals surface area contributed by atoms with Gasteiger partial charge in [0.15, 0.2) is 0 Å². The third kappa shape index (κ3) is 2.25. The molecule has 2 rings (SSSR count). The van der Waals surface area contributed by atoms with E-state index in [2.05, 4.69) is 15.3 Å². The van der Waals surface area contributed by atoms with Crippen molar-refractivity contribution in [2.24, 2.45) is 0 Å². The van der Waals surface area contributed by atoms with E-state index in [0.717, 1.165) is 16.9 Å². The van der Waals surface area contributed by atoms with E-state index in [1.54, 1.807) is 18.7 Å². The van der Waals surface area contributed by atoms with Crippen LogP contribution in [0.4, 0.5) is 11.8 Å². The summed E-state index contributed by atoms with van der Waals surface area (Å²) in [5.74, 6) is 1.03. The summed E-state index contributed by atoms with van der Waals surface area (Å²) in [5, 5.41) is 3.17. The summed E-state index contributed by atoms with van der Waals surface area (Å²) in [6.07, 6.45) is 5.02. The number of hydrogen-bond donors (Lipinski definition) is 2. The first-order valence-electron chi connectivity index (χ1n) is 4.60. The molecule has 2 heterocycles. The van der Waals surface area contributed by atoms with E-state index in [4.69, 9.17) is 10.2 Å². The molecule has 0 bridgehead atoms. The van der Waals surface area contributed by atoms with Gasteiger partial charge in [0.05, 0.1) is 12.5 Å². The van der Waals surface area contributed by atoms with E-state index >= 15 is 0 Å². The molecule has 0 spiro atoms. The highest BCUT2D eigenvalue weighted by Gasteiger charge is 2.01. The zero-order valence-electron chi connectivity index (χ0n) is 8.40.